The summed E-state index contributed by atoms with van der Waals surface area (Å²) in [6, 6.07) is 25.8. The van der Waals surface area contributed by atoms with Crippen molar-refractivity contribution in [2.24, 2.45) is 0 Å². The fourth-order valence-corrected chi connectivity index (χ4v) is 5.64. The normalized spacial score (nSPS) is 16.3. The third kappa shape index (κ3) is 5.94. The second-order valence-electron chi connectivity index (χ2n) is 10.3. The maximum absolute atomic E-state index is 12.4. The van der Waals surface area contributed by atoms with Crippen LogP contribution in [0.15, 0.2) is 85.1 Å². The fourth-order valence-electron chi connectivity index (χ4n) is 5.64. The van der Waals surface area contributed by atoms with E-state index in [-0.39, 0.29) is 11.9 Å². The number of anilines is 3. The number of urea groups is 1. The lowest BCUT2D eigenvalue weighted by atomic mass is 9.78. The highest BCUT2D eigenvalue weighted by Gasteiger charge is 2.27. The number of carbonyl (C=O) groups excluding carboxylic acids is 1. The van der Waals surface area contributed by atoms with Gasteiger partial charge < -0.3 is 20.9 Å². The van der Waals surface area contributed by atoms with Crippen molar-refractivity contribution in [3.8, 4) is 11.3 Å². The maximum atomic E-state index is 12.4. The molecule has 198 valence electrons. The summed E-state index contributed by atoms with van der Waals surface area (Å²) < 4.78 is 0. The molecule has 0 radical (unpaired) electrons. The Balaban J connectivity index is 1.13. The second-order valence-corrected chi connectivity index (χ2v) is 10.3. The molecule has 1 aliphatic heterocycles. The van der Waals surface area contributed by atoms with Gasteiger partial charge in [-0.25, -0.2) is 14.8 Å². The van der Waals surface area contributed by atoms with Gasteiger partial charge in [0.2, 0.25) is 5.95 Å². The Morgan fingerprint density at radius 3 is 2.38 bits per heavy atom. The van der Waals surface area contributed by atoms with Crippen LogP contribution < -0.4 is 16.0 Å². The molecular formula is C32H34N6O. The van der Waals surface area contributed by atoms with Gasteiger partial charge in [-0.15, -0.1) is 0 Å². The van der Waals surface area contributed by atoms with Crippen molar-refractivity contribution in [1.29, 1.82) is 0 Å². The molecule has 0 bridgehead atoms. The van der Waals surface area contributed by atoms with Crippen LogP contribution in [-0.2, 0) is 6.42 Å². The molecule has 1 saturated heterocycles. The molecule has 1 fully saturated rings. The SMILES string of the molecule is O=C(Nc1ccccc1)Nc1ccc(C2Cc3cnc(NCCCN4CCCC4)nc3-c3ccccc32)cc1. The van der Waals surface area contributed by atoms with E-state index < -0.39 is 0 Å². The Bertz CT molecular complexity index is 1420. The molecule has 1 aromatic heterocycles. The summed E-state index contributed by atoms with van der Waals surface area (Å²) >= 11 is 0. The molecule has 1 atom stereocenters. The van der Waals surface area contributed by atoms with Gasteiger partial charge in [0.25, 0.3) is 0 Å². The fraction of sp³-hybridized carbons (Fsp3) is 0.281. The van der Waals surface area contributed by atoms with Gasteiger partial charge in [0.05, 0.1) is 5.69 Å². The minimum Gasteiger partial charge on any atom is -0.354 e. The zero-order valence-electron chi connectivity index (χ0n) is 22.1. The van der Waals surface area contributed by atoms with E-state index >= 15 is 0 Å². The zero-order valence-corrected chi connectivity index (χ0v) is 22.1. The molecule has 1 unspecified atom stereocenters. The first-order valence-corrected chi connectivity index (χ1v) is 13.9. The number of rotatable bonds is 8. The quantitative estimate of drug-likeness (QED) is 0.236. The summed E-state index contributed by atoms with van der Waals surface area (Å²) in [7, 11) is 0. The van der Waals surface area contributed by atoms with E-state index in [1.165, 1.54) is 37.1 Å². The van der Waals surface area contributed by atoms with E-state index in [1.807, 2.05) is 48.7 Å². The van der Waals surface area contributed by atoms with Gasteiger partial charge >= 0.3 is 6.03 Å². The number of nitrogens with one attached hydrogen (secondary N) is 3. The molecule has 7 heteroatoms. The Labute approximate surface area is 229 Å². The van der Waals surface area contributed by atoms with Crippen molar-refractivity contribution in [1.82, 2.24) is 14.9 Å². The van der Waals surface area contributed by atoms with Crippen LogP contribution in [0.3, 0.4) is 0 Å². The molecule has 0 spiro atoms. The Hall–Kier alpha value is -4.23. The van der Waals surface area contributed by atoms with Crippen molar-refractivity contribution in [2.45, 2.75) is 31.6 Å². The lowest BCUT2D eigenvalue weighted by molar-refractivity contribution is 0.262. The molecule has 2 heterocycles. The Morgan fingerprint density at radius 1 is 0.872 bits per heavy atom. The monoisotopic (exact) mass is 518 g/mol. The van der Waals surface area contributed by atoms with Crippen LogP contribution >= 0.6 is 0 Å². The molecule has 39 heavy (non-hydrogen) atoms. The van der Waals surface area contributed by atoms with E-state index in [9.17, 15) is 4.79 Å². The molecule has 2 aliphatic rings. The minimum absolute atomic E-state index is 0.198. The number of carbonyl (C=O) groups is 1. The molecule has 6 rings (SSSR count). The number of para-hydroxylation sites is 1. The highest BCUT2D eigenvalue weighted by atomic mass is 16.2. The number of amides is 2. The van der Waals surface area contributed by atoms with E-state index in [1.54, 1.807) is 0 Å². The number of nitrogens with zero attached hydrogens (tertiary/aromatic N) is 3. The van der Waals surface area contributed by atoms with E-state index in [0.717, 1.165) is 54.1 Å². The number of benzene rings is 3. The zero-order chi connectivity index (χ0) is 26.4. The smallest absolute Gasteiger partial charge is 0.323 e. The predicted octanol–water partition coefficient (Wildman–Crippen LogP) is 6.37. The topological polar surface area (TPSA) is 82.2 Å². The van der Waals surface area contributed by atoms with Crippen molar-refractivity contribution >= 4 is 23.4 Å². The van der Waals surface area contributed by atoms with Crippen LogP contribution in [0.2, 0.25) is 0 Å². The summed E-state index contributed by atoms with van der Waals surface area (Å²) in [5, 5.41) is 9.21. The first kappa shape index (κ1) is 25.1. The highest BCUT2D eigenvalue weighted by Crippen LogP contribution is 2.42. The van der Waals surface area contributed by atoms with E-state index in [2.05, 4.69) is 62.2 Å². The molecular weight excluding hydrogens is 484 g/mol. The van der Waals surface area contributed by atoms with Crippen LogP contribution in [0.25, 0.3) is 11.3 Å². The predicted molar refractivity (Wildman–Crippen MR) is 157 cm³/mol. The molecule has 3 N–H and O–H groups in total. The van der Waals surface area contributed by atoms with Gasteiger partial charge in [0.1, 0.15) is 0 Å². The minimum atomic E-state index is -0.261. The van der Waals surface area contributed by atoms with Crippen LogP contribution in [0.4, 0.5) is 22.1 Å². The third-order valence-electron chi connectivity index (χ3n) is 7.62. The van der Waals surface area contributed by atoms with Gasteiger partial charge in [-0.3, -0.25) is 0 Å². The average molecular weight is 519 g/mol. The molecule has 4 aromatic rings. The molecule has 2 amide bonds. The Morgan fingerprint density at radius 2 is 1.59 bits per heavy atom. The lowest BCUT2D eigenvalue weighted by Crippen LogP contribution is -2.22. The lowest BCUT2D eigenvalue weighted by Gasteiger charge is -2.27. The van der Waals surface area contributed by atoms with Gasteiger partial charge in [-0.1, -0.05) is 54.6 Å². The highest BCUT2D eigenvalue weighted by molar-refractivity contribution is 5.99. The molecule has 3 aromatic carbocycles. The van der Waals surface area contributed by atoms with Crippen LogP contribution in [0.1, 0.15) is 41.9 Å². The third-order valence-corrected chi connectivity index (χ3v) is 7.62. The maximum Gasteiger partial charge on any atom is 0.323 e. The number of hydrogen-bond acceptors (Lipinski definition) is 5. The number of hydrogen-bond donors (Lipinski definition) is 3. The summed E-state index contributed by atoms with van der Waals surface area (Å²) in [5.41, 5.74) is 7.32. The number of aromatic nitrogens is 2. The average Bonchev–Trinajstić information content (AvgIpc) is 3.50. The van der Waals surface area contributed by atoms with Gasteiger partial charge in [-0.2, -0.15) is 0 Å². The van der Waals surface area contributed by atoms with Gasteiger partial charge in [0, 0.05) is 35.6 Å². The van der Waals surface area contributed by atoms with Crippen molar-refractivity contribution in [2.75, 3.05) is 42.1 Å². The van der Waals surface area contributed by atoms with Gasteiger partial charge in [-0.05, 0) is 86.3 Å². The summed E-state index contributed by atoms with van der Waals surface area (Å²) in [5.74, 6) is 0.899. The van der Waals surface area contributed by atoms with E-state index in [4.69, 9.17) is 4.98 Å². The standard InChI is InChI=1S/C32H34N6O/c39-32(35-25-9-2-1-3-10-25)36-26-15-13-23(14-16-26)29-21-24-22-34-31(33-17-8-20-38-18-6-7-19-38)37-30(24)28-12-5-4-11-27(28)29/h1-5,9-16,22,29H,6-8,17-21H2,(H,33,34,37)(H2,35,36,39). The van der Waals surface area contributed by atoms with Crippen LogP contribution in [-0.4, -0.2) is 47.1 Å². The van der Waals surface area contributed by atoms with Crippen molar-refractivity contribution < 1.29 is 4.79 Å². The van der Waals surface area contributed by atoms with E-state index in [0.29, 0.717) is 5.95 Å². The second kappa shape index (κ2) is 11.7. The van der Waals surface area contributed by atoms with Gasteiger partial charge in [0.15, 0.2) is 0 Å². The summed E-state index contributed by atoms with van der Waals surface area (Å²) in [6.07, 6.45) is 6.57. The summed E-state index contributed by atoms with van der Waals surface area (Å²) in [6.45, 7) is 4.48. The number of likely N-dealkylation sites (tertiary alicyclic amines) is 1. The van der Waals surface area contributed by atoms with Crippen molar-refractivity contribution in [3.05, 3.63) is 102 Å². The number of fused-ring (bicyclic) bond motifs is 3. The summed E-state index contributed by atoms with van der Waals surface area (Å²) in [4.78, 5) is 24.5. The van der Waals surface area contributed by atoms with Crippen LogP contribution in [0, 0.1) is 0 Å². The first-order chi connectivity index (χ1) is 19.2. The Kier molecular flexibility index (Phi) is 7.50. The van der Waals surface area contributed by atoms with Crippen LogP contribution in [0.5, 0.6) is 0 Å². The molecule has 0 saturated carbocycles. The molecule has 7 nitrogen and oxygen atoms in total. The largest absolute Gasteiger partial charge is 0.354 e. The van der Waals surface area contributed by atoms with Crippen molar-refractivity contribution in [3.63, 3.8) is 0 Å². The molecule has 1 aliphatic carbocycles. The first-order valence-electron chi connectivity index (χ1n) is 13.9.